The molecule has 0 fully saturated rings. The number of carbonyl (C=O) groups is 1. The first-order chi connectivity index (χ1) is 8.16. The zero-order valence-corrected chi connectivity index (χ0v) is 12.2. The molecule has 0 radical (unpaired) electrons. The van der Waals surface area contributed by atoms with Gasteiger partial charge in [-0.05, 0) is 19.8 Å². The Hall–Kier alpha value is 0.0500. The van der Waals surface area contributed by atoms with E-state index in [4.69, 9.17) is 23.2 Å². The van der Waals surface area contributed by atoms with Crippen LogP contribution in [0.3, 0.4) is 0 Å². The molecule has 0 bridgehead atoms. The van der Waals surface area contributed by atoms with Crippen LogP contribution in [0.2, 0.25) is 0 Å². The summed E-state index contributed by atoms with van der Waals surface area (Å²) < 4.78 is 4.64. The molecule has 102 valence electrons. The van der Waals surface area contributed by atoms with Gasteiger partial charge in [0.05, 0.1) is 0 Å². The van der Waals surface area contributed by atoms with E-state index in [2.05, 4.69) is 4.74 Å². The maximum Gasteiger partial charge on any atom is 0.306 e. The van der Waals surface area contributed by atoms with Crippen LogP contribution in [0, 0.1) is 0 Å². The number of rotatable bonds is 11. The highest BCUT2D eigenvalue weighted by atomic mass is 35.5. The Morgan fingerprint density at radius 3 is 2.12 bits per heavy atom. The summed E-state index contributed by atoms with van der Waals surface area (Å²) in [5.41, 5.74) is 0. The Bertz CT molecular complexity index is 184. The topological polar surface area (TPSA) is 26.3 Å². The van der Waals surface area contributed by atoms with Crippen molar-refractivity contribution in [2.75, 3.05) is 6.07 Å². The van der Waals surface area contributed by atoms with Crippen molar-refractivity contribution in [3.63, 3.8) is 0 Å². The predicted molar refractivity (Wildman–Crippen MR) is 73.7 cm³/mol. The van der Waals surface area contributed by atoms with Crippen molar-refractivity contribution in [1.82, 2.24) is 0 Å². The van der Waals surface area contributed by atoms with E-state index in [1.807, 2.05) is 6.92 Å². The molecule has 0 amide bonds. The first-order valence-electron chi connectivity index (χ1n) is 6.52. The highest BCUT2D eigenvalue weighted by molar-refractivity contribution is 6.20. The number of alkyl halides is 2. The number of hydrogen-bond donors (Lipinski definition) is 0. The fourth-order valence-electron chi connectivity index (χ4n) is 1.71. The SMILES string of the molecule is CC(Cl)CCCCCCCCCC(=O)OCCl. The van der Waals surface area contributed by atoms with Gasteiger partial charge in [-0.3, -0.25) is 4.79 Å². The van der Waals surface area contributed by atoms with Crippen LogP contribution in [-0.2, 0) is 9.53 Å². The quantitative estimate of drug-likeness (QED) is 0.307. The molecular formula is C13H24Cl2O2. The number of ether oxygens (including phenoxy) is 1. The largest absolute Gasteiger partial charge is 0.449 e. The van der Waals surface area contributed by atoms with Crippen LogP contribution >= 0.6 is 23.2 Å². The molecule has 0 spiro atoms. The second-order valence-electron chi connectivity index (χ2n) is 4.42. The third kappa shape index (κ3) is 14.0. The minimum Gasteiger partial charge on any atom is -0.449 e. The predicted octanol–water partition coefficient (Wildman–Crippen LogP) is 4.86. The van der Waals surface area contributed by atoms with E-state index in [0.29, 0.717) is 11.8 Å². The minimum atomic E-state index is -0.184. The van der Waals surface area contributed by atoms with Crippen molar-refractivity contribution in [3.05, 3.63) is 0 Å². The average molecular weight is 283 g/mol. The smallest absolute Gasteiger partial charge is 0.306 e. The van der Waals surface area contributed by atoms with E-state index >= 15 is 0 Å². The monoisotopic (exact) mass is 282 g/mol. The molecule has 0 aromatic rings. The summed E-state index contributed by atoms with van der Waals surface area (Å²) >= 11 is 11.1. The van der Waals surface area contributed by atoms with Gasteiger partial charge < -0.3 is 4.74 Å². The summed E-state index contributed by atoms with van der Waals surface area (Å²) in [5, 5.41) is 0.308. The summed E-state index contributed by atoms with van der Waals surface area (Å²) in [4.78, 5) is 11.0. The number of halogens is 2. The molecule has 0 saturated heterocycles. The number of esters is 1. The normalized spacial score (nSPS) is 12.4. The maximum atomic E-state index is 11.0. The van der Waals surface area contributed by atoms with Crippen molar-refractivity contribution in [2.24, 2.45) is 0 Å². The molecule has 0 aliphatic carbocycles. The van der Waals surface area contributed by atoms with E-state index in [9.17, 15) is 4.79 Å². The highest BCUT2D eigenvalue weighted by Gasteiger charge is 2.01. The third-order valence-corrected chi connectivity index (χ3v) is 3.03. The van der Waals surface area contributed by atoms with Crippen LogP contribution < -0.4 is 0 Å². The number of unbranched alkanes of at least 4 members (excludes halogenated alkanes) is 6. The lowest BCUT2D eigenvalue weighted by molar-refractivity contribution is -0.141. The molecule has 0 aliphatic heterocycles. The molecule has 0 heterocycles. The Kier molecular flexibility index (Phi) is 12.5. The van der Waals surface area contributed by atoms with Crippen molar-refractivity contribution in [2.45, 2.75) is 70.1 Å². The van der Waals surface area contributed by atoms with Gasteiger partial charge in [0.25, 0.3) is 0 Å². The molecule has 4 heteroatoms. The molecule has 0 aromatic heterocycles. The molecule has 17 heavy (non-hydrogen) atoms. The van der Waals surface area contributed by atoms with Crippen molar-refractivity contribution < 1.29 is 9.53 Å². The van der Waals surface area contributed by atoms with Crippen LogP contribution in [0.25, 0.3) is 0 Å². The summed E-state index contributed by atoms with van der Waals surface area (Å²) in [6.07, 6.45) is 9.85. The van der Waals surface area contributed by atoms with E-state index in [0.717, 1.165) is 19.3 Å². The van der Waals surface area contributed by atoms with Gasteiger partial charge >= 0.3 is 5.97 Å². The summed E-state index contributed by atoms with van der Waals surface area (Å²) in [5.74, 6) is -0.184. The number of carbonyl (C=O) groups excluding carboxylic acids is 1. The lowest BCUT2D eigenvalue weighted by Crippen LogP contribution is -2.02. The average Bonchev–Trinajstić information content (AvgIpc) is 2.27. The van der Waals surface area contributed by atoms with Gasteiger partial charge in [0.2, 0.25) is 0 Å². The molecule has 1 atom stereocenters. The van der Waals surface area contributed by atoms with Crippen LogP contribution in [0.15, 0.2) is 0 Å². The van der Waals surface area contributed by atoms with E-state index in [-0.39, 0.29) is 12.0 Å². The summed E-state index contributed by atoms with van der Waals surface area (Å²) in [6.45, 7) is 2.04. The van der Waals surface area contributed by atoms with Gasteiger partial charge in [0.15, 0.2) is 6.07 Å². The van der Waals surface area contributed by atoms with Crippen molar-refractivity contribution >= 4 is 29.2 Å². The molecule has 0 aliphatic rings. The Morgan fingerprint density at radius 2 is 1.59 bits per heavy atom. The summed E-state index contributed by atoms with van der Waals surface area (Å²) in [7, 11) is 0. The fourth-order valence-corrected chi connectivity index (χ4v) is 1.99. The van der Waals surface area contributed by atoms with Gasteiger partial charge in [0.1, 0.15) is 0 Å². The maximum absolute atomic E-state index is 11.0. The lowest BCUT2D eigenvalue weighted by atomic mass is 10.1. The first-order valence-corrected chi connectivity index (χ1v) is 7.49. The van der Waals surface area contributed by atoms with Gasteiger partial charge in [-0.15, -0.1) is 11.6 Å². The van der Waals surface area contributed by atoms with Crippen molar-refractivity contribution in [3.8, 4) is 0 Å². The Labute approximate surface area is 115 Å². The van der Waals surface area contributed by atoms with Crippen molar-refractivity contribution in [1.29, 1.82) is 0 Å². The lowest BCUT2D eigenvalue weighted by Gasteiger charge is -2.03. The second kappa shape index (κ2) is 12.5. The van der Waals surface area contributed by atoms with Gasteiger partial charge in [-0.25, -0.2) is 0 Å². The standard InChI is InChI=1S/C13H24Cl2O2/c1-12(15)9-7-5-3-2-4-6-8-10-13(16)17-11-14/h12H,2-11H2,1H3. The van der Waals surface area contributed by atoms with E-state index in [1.54, 1.807) is 0 Å². The summed E-state index contributed by atoms with van der Waals surface area (Å²) in [6, 6.07) is -0.0299. The molecule has 0 aromatic carbocycles. The van der Waals surface area contributed by atoms with E-state index in [1.165, 1.54) is 32.1 Å². The van der Waals surface area contributed by atoms with Gasteiger partial charge in [-0.1, -0.05) is 50.1 Å². The molecule has 1 unspecified atom stereocenters. The number of hydrogen-bond acceptors (Lipinski definition) is 2. The van der Waals surface area contributed by atoms with Crippen LogP contribution in [-0.4, -0.2) is 17.4 Å². The molecule has 0 saturated carbocycles. The van der Waals surface area contributed by atoms with Gasteiger partial charge in [0, 0.05) is 11.8 Å². The van der Waals surface area contributed by atoms with Crippen LogP contribution in [0.1, 0.15) is 64.7 Å². The van der Waals surface area contributed by atoms with E-state index < -0.39 is 0 Å². The molecule has 0 N–H and O–H groups in total. The second-order valence-corrected chi connectivity index (χ2v) is 5.38. The first kappa shape index (κ1) is 17.1. The van der Waals surface area contributed by atoms with Crippen LogP contribution in [0.5, 0.6) is 0 Å². The Balaban J connectivity index is 3.06. The fraction of sp³-hybridized carbons (Fsp3) is 0.923. The Morgan fingerprint density at radius 1 is 1.06 bits per heavy atom. The van der Waals surface area contributed by atoms with Crippen LogP contribution in [0.4, 0.5) is 0 Å². The minimum absolute atomic E-state index is 0.0299. The zero-order valence-electron chi connectivity index (χ0n) is 10.7. The zero-order chi connectivity index (χ0) is 12.9. The molecule has 0 rings (SSSR count). The molecule has 2 nitrogen and oxygen atoms in total. The van der Waals surface area contributed by atoms with Gasteiger partial charge in [-0.2, -0.15) is 0 Å². The molecular weight excluding hydrogens is 259 g/mol. The third-order valence-electron chi connectivity index (χ3n) is 2.70. The highest BCUT2D eigenvalue weighted by Crippen LogP contribution is 2.12.